The Hall–Kier alpha value is -3.89. The van der Waals surface area contributed by atoms with Crippen LogP contribution in [0, 0.1) is 32.8 Å². The number of nitro groups is 1. The highest BCUT2D eigenvalue weighted by atomic mass is 32.2. The van der Waals surface area contributed by atoms with Gasteiger partial charge in [0.25, 0.3) is 5.69 Å². The highest BCUT2D eigenvalue weighted by Gasteiger charge is 2.28. The molecule has 0 bridgehead atoms. The molecule has 136 valence electrons. The van der Waals surface area contributed by atoms with Crippen molar-refractivity contribution in [3.8, 4) is 23.6 Å². The number of hydrogen-bond donors (Lipinski definition) is 0. The van der Waals surface area contributed by atoms with Crippen LogP contribution in [0.5, 0.6) is 11.5 Å². The van der Waals surface area contributed by atoms with Crippen LogP contribution in [0.1, 0.15) is 5.56 Å². The summed E-state index contributed by atoms with van der Waals surface area (Å²) < 4.78 is 35.0. The quantitative estimate of drug-likeness (QED) is 0.319. The molecule has 0 fully saturated rings. The van der Waals surface area contributed by atoms with Gasteiger partial charge in [-0.3, -0.25) is 10.1 Å². The average Bonchev–Trinajstić information content (AvgIpc) is 2.66. The number of ether oxygens (including phenoxy) is 1. The Kier molecular flexibility index (Phi) is 5.75. The van der Waals surface area contributed by atoms with Crippen molar-refractivity contribution in [3.05, 3.63) is 63.7 Å². The van der Waals surface area contributed by atoms with Crippen LogP contribution in [-0.2, 0) is 10.1 Å². The number of methoxy groups -OCH3 is 1. The molecule has 0 unspecified atom stereocenters. The molecule has 9 nitrogen and oxygen atoms in total. The number of allylic oxidation sites excluding steroid dienone is 1. The van der Waals surface area contributed by atoms with Crippen LogP contribution in [0.25, 0.3) is 6.08 Å². The Morgan fingerprint density at radius 1 is 1.15 bits per heavy atom. The fraction of sp³-hybridized carbons (Fsp3) is 0.0588. The molecule has 0 aromatic heterocycles. The molecular formula is C17H11N3O6S. The average molecular weight is 385 g/mol. The summed E-state index contributed by atoms with van der Waals surface area (Å²) in [7, 11) is -3.24. The Morgan fingerprint density at radius 3 is 2.41 bits per heavy atom. The van der Waals surface area contributed by atoms with Crippen molar-refractivity contribution in [2.75, 3.05) is 7.11 Å². The van der Waals surface area contributed by atoms with Gasteiger partial charge in [-0.15, -0.1) is 0 Å². The van der Waals surface area contributed by atoms with Gasteiger partial charge in [0.2, 0.25) is 0 Å². The van der Waals surface area contributed by atoms with Gasteiger partial charge in [0.05, 0.1) is 12.0 Å². The van der Waals surface area contributed by atoms with Crippen LogP contribution < -0.4 is 8.92 Å². The van der Waals surface area contributed by atoms with Crippen LogP contribution >= 0.6 is 0 Å². The van der Waals surface area contributed by atoms with E-state index in [2.05, 4.69) is 0 Å². The van der Waals surface area contributed by atoms with E-state index in [4.69, 9.17) is 19.4 Å². The molecule has 0 aliphatic heterocycles. The third-order valence-electron chi connectivity index (χ3n) is 3.27. The van der Waals surface area contributed by atoms with E-state index in [-0.39, 0.29) is 17.1 Å². The first-order valence-corrected chi connectivity index (χ1v) is 8.61. The molecule has 0 saturated carbocycles. The van der Waals surface area contributed by atoms with E-state index >= 15 is 0 Å². The molecule has 0 radical (unpaired) electrons. The second-order valence-corrected chi connectivity index (χ2v) is 6.47. The van der Waals surface area contributed by atoms with E-state index in [1.165, 1.54) is 43.5 Å². The van der Waals surface area contributed by atoms with Crippen molar-refractivity contribution in [1.29, 1.82) is 10.5 Å². The van der Waals surface area contributed by atoms with Crippen LogP contribution in [0.3, 0.4) is 0 Å². The Balaban J connectivity index is 2.46. The van der Waals surface area contributed by atoms with Gasteiger partial charge in [0, 0.05) is 6.07 Å². The van der Waals surface area contributed by atoms with Gasteiger partial charge in [-0.2, -0.15) is 18.9 Å². The monoisotopic (exact) mass is 385 g/mol. The molecule has 0 aliphatic rings. The third-order valence-corrected chi connectivity index (χ3v) is 4.55. The summed E-state index contributed by atoms with van der Waals surface area (Å²) in [5.41, 5.74) is -0.373. The minimum Gasteiger partial charge on any atom is -0.493 e. The normalized spacial score (nSPS) is 10.2. The van der Waals surface area contributed by atoms with E-state index in [0.717, 1.165) is 12.1 Å². The Labute approximate surface area is 154 Å². The Bertz CT molecular complexity index is 1090. The van der Waals surface area contributed by atoms with Crippen molar-refractivity contribution in [2.24, 2.45) is 0 Å². The van der Waals surface area contributed by atoms with E-state index in [9.17, 15) is 18.5 Å². The summed E-state index contributed by atoms with van der Waals surface area (Å²) in [5.74, 6) is -0.204. The SMILES string of the molecule is COc1cc(C=C(C#N)C#N)ccc1OS(=O)(=O)c1ccccc1[N+](=O)[O-]. The standard InChI is InChI=1S/C17H11N3O6S/c1-25-16-9-12(8-13(10-18)11-19)6-7-15(16)26-27(23,24)17-5-3-2-4-14(17)20(21)22/h2-9H,1H3. The number of nitrogens with zero attached hydrogens (tertiary/aromatic N) is 3. The zero-order valence-corrected chi connectivity index (χ0v) is 14.6. The van der Waals surface area contributed by atoms with Gasteiger partial charge < -0.3 is 8.92 Å². The van der Waals surface area contributed by atoms with Crippen LogP contribution in [0.2, 0.25) is 0 Å². The van der Waals surface area contributed by atoms with Crippen LogP contribution in [0.15, 0.2) is 52.9 Å². The summed E-state index contributed by atoms with van der Waals surface area (Å²) in [6.45, 7) is 0. The first kappa shape index (κ1) is 19.4. The van der Waals surface area contributed by atoms with Gasteiger partial charge in [0.15, 0.2) is 16.4 Å². The maximum Gasteiger partial charge on any atom is 0.346 e. The maximum absolute atomic E-state index is 12.5. The van der Waals surface area contributed by atoms with Gasteiger partial charge in [-0.25, -0.2) is 0 Å². The molecule has 2 rings (SSSR count). The smallest absolute Gasteiger partial charge is 0.346 e. The number of hydrogen-bond acceptors (Lipinski definition) is 8. The number of benzene rings is 2. The molecule has 27 heavy (non-hydrogen) atoms. The van der Waals surface area contributed by atoms with E-state index in [0.29, 0.717) is 5.56 Å². The van der Waals surface area contributed by atoms with Gasteiger partial charge in [-0.05, 0) is 29.8 Å². The molecule has 2 aromatic carbocycles. The van der Waals surface area contributed by atoms with Gasteiger partial charge >= 0.3 is 10.1 Å². The lowest BCUT2D eigenvalue weighted by molar-refractivity contribution is -0.387. The lowest BCUT2D eigenvalue weighted by atomic mass is 10.1. The predicted octanol–water partition coefficient (Wildman–Crippen LogP) is 2.80. The molecule has 2 aromatic rings. The molecule has 0 N–H and O–H groups in total. The summed E-state index contributed by atoms with van der Waals surface area (Å²) in [5, 5.41) is 28.6. The van der Waals surface area contributed by atoms with E-state index in [1.807, 2.05) is 0 Å². The summed E-state index contributed by atoms with van der Waals surface area (Å²) in [6.07, 6.45) is 1.28. The number of nitriles is 2. The molecule has 0 aliphatic carbocycles. The molecule has 0 atom stereocenters. The summed E-state index contributed by atoms with van der Waals surface area (Å²) >= 11 is 0. The zero-order valence-electron chi connectivity index (χ0n) is 13.8. The highest BCUT2D eigenvalue weighted by molar-refractivity contribution is 7.87. The fourth-order valence-electron chi connectivity index (χ4n) is 2.08. The maximum atomic E-state index is 12.5. The van der Waals surface area contributed by atoms with Crippen molar-refractivity contribution >= 4 is 21.9 Å². The molecule has 0 heterocycles. The largest absolute Gasteiger partial charge is 0.493 e. The molecule has 0 amide bonds. The fourth-order valence-corrected chi connectivity index (χ4v) is 3.19. The minimum absolute atomic E-state index is 0.00105. The van der Waals surface area contributed by atoms with Crippen molar-refractivity contribution in [2.45, 2.75) is 4.90 Å². The number of rotatable bonds is 6. The predicted molar refractivity (Wildman–Crippen MR) is 93.1 cm³/mol. The van der Waals surface area contributed by atoms with Crippen molar-refractivity contribution in [1.82, 2.24) is 0 Å². The molecular weight excluding hydrogens is 374 g/mol. The minimum atomic E-state index is -4.51. The second-order valence-electron chi connectivity index (χ2n) is 4.95. The summed E-state index contributed by atoms with van der Waals surface area (Å²) in [6, 6.07) is 12.2. The molecule has 10 heteroatoms. The lowest BCUT2D eigenvalue weighted by Crippen LogP contribution is -2.12. The first-order valence-electron chi connectivity index (χ1n) is 7.20. The molecule has 0 spiro atoms. The Morgan fingerprint density at radius 2 is 1.81 bits per heavy atom. The second kappa shape index (κ2) is 7.99. The summed E-state index contributed by atoms with van der Waals surface area (Å²) in [4.78, 5) is 9.62. The van der Waals surface area contributed by atoms with Crippen LogP contribution in [0.4, 0.5) is 5.69 Å². The van der Waals surface area contributed by atoms with Gasteiger partial charge in [0.1, 0.15) is 17.7 Å². The topological polar surface area (TPSA) is 143 Å². The molecule has 0 saturated heterocycles. The van der Waals surface area contributed by atoms with Crippen molar-refractivity contribution in [3.63, 3.8) is 0 Å². The zero-order chi connectivity index (χ0) is 20.0. The van der Waals surface area contributed by atoms with Crippen LogP contribution in [-0.4, -0.2) is 20.5 Å². The first-order chi connectivity index (χ1) is 12.8. The number of nitro benzene ring substituents is 1. The third kappa shape index (κ3) is 4.39. The van der Waals surface area contributed by atoms with Crippen molar-refractivity contribution < 1.29 is 22.3 Å². The lowest BCUT2D eigenvalue weighted by Gasteiger charge is -2.11. The van der Waals surface area contributed by atoms with Gasteiger partial charge in [-0.1, -0.05) is 18.2 Å². The van der Waals surface area contributed by atoms with E-state index < -0.39 is 25.6 Å². The highest BCUT2D eigenvalue weighted by Crippen LogP contribution is 2.33. The van der Waals surface area contributed by atoms with E-state index in [1.54, 1.807) is 12.1 Å². The number of para-hydroxylation sites is 1.